The summed E-state index contributed by atoms with van der Waals surface area (Å²) in [5.41, 5.74) is -2.03. The molecule has 1 aromatic heterocycles. The summed E-state index contributed by atoms with van der Waals surface area (Å²) in [5, 5.41) is 0. The van der Waals surface area contributed by atoms with Crippen LogP contribution >= 0.6 is 0 Å². The van der Waals surface area contributed by atoms with Gasteiger partial charge in [-0.3, -0.25) is 9.78 Å². The summed E-state index contributed by atoms with van der Waals surface area (Å²) in [5.74, 6) is -0.977. The lowest BCUT2D eigenvalue weighted by molar-refractivity contribution is -0.137. The number of hydrogen-bond donors (Lipinski definition) is 1. The molecule has 0 spiro atoms. The summed E-state index contributed by atoms with van der Waals surface area (Å²) in [4.78, 5) is 12.9. The van der Waals surface area contributed by atoms with Gasteiger partial charge < -0.3 is 0 Å². The van der Waals surface area contributed by atoms with Gasteiger partial charge in [0.15, 0.2) is 5.95 Å². The Morgan fingerprint density at radius 1 is 1.06 bits per heavy atom. The lowest BCUT2D eigenvalue weighted by Crippen LogP contribution is -2.10. The van der Waals surface area contributed by atoms with Crippen LogP contribution in [-0.2, 0) is 6.18 Å². The molecule has 0 fully saturated rings. The molecule has 6 heteroatoms. The van der Waals surface area contributed by atoms with E-state index in [9.17, 15) is 22.4 Å². The minimum atomic E-state index is -4.56. The highest BCUT2D eigenvalue weighted by atomic mass is 19.4. The number of rotatable bonds is 1. The fourth-order valence-corrected chi connectivity index (χ4v) is 1.65. The van der Waals surface area contributed by atoms with Crippen LogP contribution in [0.1, 0.15) is 5.56 Å². The van der Waals surface area contributed by atoms with E-state index in [0.29, 0.717) is 0 Å². The zero-order valence-electron chi connectivity index (χ0n) is 8.88. The summed E-state index contributed by atoms with van der Waals surface area (Å²) in [7, 11) is 0. The molecule has 2 rings (SSSR count). The fourth-order valence-electron chi connectivity index (χ4n) is 1.65. The van der Waals surface area contributed by atoms with Gasteiger partial charge in [0.25, 0.3) is 5.56 Å². The summed E-state index contributed by atoms with van der Waals surface area (Å²) < 4.78 is 51.3. The van der Waals surface area contributed by atoms with Crippen molar-refractivity contribution in [1.29, 1.82) is 0 Å². The third-order valence-electron chi connectivity index (χ3n) is 2.35. The van der Waals surface area contributed by atoms with Gasteiger partial charge in [-0.1, -0.05) is 18.2 Å². The zero-order valence-corrected chi connectivity index (χ0v) is 8.88. The van der Waals surface area contributed by atoms with Crippen LogP contribution in [0.3, 0.4) is 0 Å². The van der Waals surface area contributed by atoms with Gasteiger partial charge in [-0.2, -0.15) is 17.6 Å². The highest BCUT2D eigenvalue weighted by Crippen LogP contribution is 2.36. The largest absolute Gasteiger partial charge is 0.417 e. The monoisotopic (exact) mass is 257 g/mol. The fraction of sp³-hybridized carbons (Fsp3) is 0.0833. The number of benzene rings is 1. The Bertz CT molecular complexity index is 630. The zero-order chi connectivity index (χ0) is 13.3. The molecule has 1 N–H and O–H groups in total. The van der Waals surface area contributed by atoms with Crippen molar-refractivity contribution in [1.82, 2.24) is 4.98 Å². The Hall–Kier alpha value is -2.11. The van der Waals surface area contributed by atoms with Crippen LogP contribution in [0, 0.1) is 5.95 Å². The van der Waals surface area contributed by atoms with E-state index in [0.717, 1.165) is 18.2 Å². The number of pyridine rings is 1. The quantitative estimate of drug-likeness (QED) is 0.617. The average molecular weight is 257 g/mol. The van der Waals surface area contributed by atoms with Gasteiger partial charge in [0.2, 0.25) is 0 Å². The molecular weight excluding hydrogens is 250 g/mol. The molecule has 0 amide bonds. The van der Waals surface area contributed by atoms with Crippen molar-refractivity contribution in [3.8, 4) is 11.1 Å². The molecule has 2 nitrogen and oxygen atoms in total. The molecule has 18 heavy (non-hydrogen) atoms. The first kappa shape index (κ1) is 12.3. The second-order valence-corrected chi connectivity index (χ2v) is 3.62. The summed E-state index contributed by atoms with van der Waals surface area (Å²) in [6.07, 6.45) is -4.56. The van der Waals surface area contributed by atoms with E-state index in [1.54, 1.807) is 0 Å². The van der Waals surface area contributed by atoms with Crippen molar-refractivity contribution in [2.45, 2.75) is 6.18 Å². The first-order valence-corrected chi connectivity index (χ1v) is 4.94. The Labute approximate surface area is 98.9 Å². The standard InChI is InChI=1S/C12H7F4NO/c13-10-5-7(6-11(18)17-10)8-3-1-2-4-9(8)12(14,15)16/h1-6H,(H,17,18). The first-order chi connectivity index (χ1) is 8.38. The topological polar surface area (TPSA) is 32.9 Å². The van der Waals surface area contributed by atoms with Crippen LogP contribution in [0.2, 0.25) is 0 Å². The molecule has 0 unspecified atom stereocenters. The molecule has 1 aromatic carbocycles. The SMILES string of the molecule is O=c1cc(-c2ccccc2C(F)(F)F)cc(F)[nH]1. The summed E-state index contributed by atoms with van der Waals surface area (Å²) in [6, 6.07) is 6.48. The van der Waals surface area contributed by atoms with Gasteiger partial charge >= 0.3 is 6.18 Å². The van der Waals surface area contributed by atoms with Crippen molar-refractivity contribution in [3.05, 3.63) is 58.3 Å². The van der Waals surface area contributed by atoms with E-state index in [1.165, 1.54) is 18.2 Å². The maximum Gasteiger partial charge on any atom is 0.417 e. The summed E-state index contributed by atoms with van der Waals surface area (Å²) >= 11 is 0. The van der Waals surface area contributed by atoms with Crippen LogP contribution in [-0.4, -0.2) is 4.98 Å². The predicted octanol–water partition coefficient (Wildman–Crippen LogP) is 3.20. The Kier molecular flexibility index (Phi) is 2.94. The molecule has 0 atom stereocenters. The van der Waals surface area contributed by atoms with Crippen molar-refractivity contribution in [2.75, 3.05) is 0 Å². The highest BCUT2D eigenvalue weighted by molar-refractivity contribution is 5.67. The maximum absolute atomic E-state index is 13.0. The van der Waals surface area contributed by atoms with Crippen LogP contribution in [0.4, 0.5) is 17.6 Å². The van der Waals surface area contributed by atoms with Gasteiger partial charge in [-0.25, -0.2) is 0 Å². The van der Waals surface area contributed by atoms with E-state index < -0.39 is 23.2 Å². The molecular formula is C12H7F4NO. The molecule has 0 radical (unpaired) electrons. The molecule has 0 aliphatic rings. The lowest BCUT2D eigenvalue weighted by atomic mass is 10.0. The van der Waals surface area contributed by atoms with Crippen LogP contribution in [0.25, 0.3) is 11.1 Å². The van der Waals surface area contributed by atoms with Crippen molar-refractivity contribution in [2.24, 2.45) is 0 Å². The van der Waals surface area contributed by atoms with Gasteiger partial charge in [0.05, 0.1) is 5.56 Å². The highest BCUT2D eigenvalue weighted by Gasteiger charge is 2.33. The van der Waals surface area contributed by atoms with E-state index in [-0.39, 0.29) is 11.1 Å². The Morgan fingerprint density at radius 3 is 2.33 bits per heavy atom. The number of nitrogens with one attached hydrogen (secondary N) is 1. The summed E-state index contributed by atoms with van der Waals surface area (Å²) in [6.45, 7) is 0. The van der Waals surface area contributed by atoms with Crippen LogP contribution < -0.4 is 5.56 Å². The second kappa shape index (κ2) is 4.29. The number of halogens is 4. The molecule has 0 bridgehead atoms. The van der Waals surface area contributed by atoms with Crippen LogP contribution in [0.5, 0.6) is 0 Å². The molecule has 2 aromatic rings. The first-order valence-electron chi connectivity index (χ1n) is 4.94. The van der Waals surface area contributed by atoms with Crippen LogP contribution in [0.15, 0.2) is 41.2 Å². The van der Waals surface area contributed by atoms with Gasteiger partial charge in [0, 0.05) is 6.07 Å². The molecule has 1 heterocycles. The Morgan fingerprint density at radius 2 is 1.72 bits per heavy atom. The number of H-pyrrole nitrogens is 1. The molecule has 0 saturated heterocycles. The number of hydrogen-bond acceptors (Lipinski definition) is 1. The minimum Gasteiger partial charge on any atom is -0.299 e. The molecule has 0 saturated carbocycles. The molecule has 94 valence electrons. The molecule has 0 aliphatic heterocycles. The average Bonchev–Trinajstić information content (AvgIpc) is 2.26. The number of aromatic nitrogens is 1. The van der Waals surface area contributed by atoms with E-state index in [4.69, 9.17) is 0 Å². The smallest absolute Gasteiger partial charge is 0.299 e. The third kappa shape index (κ3) is 2.42. The van der Waals surface area contributed by atoms with E-state index in [2.05, 4.69) is 0 Å². The third-order valence-corrected chi connectivity index (χ3v) is 2.35. The number of alkyl halides is 3. The lowest BCUT2D eigenvalue weighted by Gasteiger charge is -2.12. The van der Waals surface area contributed by atoms with Gasteiger partial charge in [0.1, 0.15) is 0 Å². The van der Waals surface area contributed by atoms with E-state index in [1.807, 2.05) is 4.98 Å². The van der Waals surface area contributed by atoms with E-state index >= 15 is 0 Å². The normalized spacial score (nSPS) is 11.6. The van der Waals surface area contributed by atoms with Crippen molar-refractivity contribution in [3.63, 3.8) is 0 Å². The number of aromatic amines is 1. The second-order valence-electron chi connectivity index (χ2n) is 3.62. The van der Waals surface area contributed by atoms with Crippen molar-refractivity contribution >= 4 is 0 Å². The van der Waals surface area contributed by atoms with Gasteiger partial charge in [-0.05, 0) is 23.3 Å². The molecule has 0 aliphatic carbocycles. The Balaban J connectivity index is 2.68. The minimum absolute atomic E-state index is 0.107. The maximum atomic E-state index is 13.0. The predicted molar refractivity (Wildman–Crippen MR) is 57.5 cm³/mol. The van der Waals surface area contributed by atoms with Gasteiger partial charge in [-0.15, -0.1) is 0 Å². The van der Waals surface area contributed by atoms with Crippen molar-refractivity contribution < 1.29 is 17.6 Å².